The highest BCUT2D eigenvalue weighted by Crippen LogP contribution is 2.27. The zero-order valence-corrected chi connectivity index (χ0v) is 12.7. The Morgan fingerprint density at radius 1 is 0.947 bits per heavy atom. The molecule has 0 aliphatic heterocycles. The zero-order chi connectivity index (χ0) is 13.2. The maximum Gasteiger partial charge on any atom is 0.0874 e. The third-order valence-corrected chi connectivity index (χ3v) is 3.84. The van der Waals surface area contributed by atoms with Gasteiger partial charge in [-0.3, -0.25) is 0 Å². The molecule has 0 radical (unpaired) electrons. The predicted molar refractivity (Wildman–Crippen MR) is 86.5 cm³/mol. The van der Waals surface area contributed by atoms with Gasteiger partial charge in [0, 0.05) is 5.56 Å². The van der Waals surface area contributed by atoms with Crippen LogP contribution in [0.4, 0.5) is 0 Å². The Kier molecular flexibility index (Phi) is 3.38. The number of halogens is 1. The van der Waals surface area contributed by atoms with E-state index in [2.05, 4.69) is 71.0 Å². The van der Waals surface area contributed by atoms with E-state index in [9.17, 15) is 0 Å². The second-order valence-electron chi connectivity index (χ2n) is 4.45. The molecule has 94 valence electrons. The van der Waals surface area contributed by atoms with E-state index in [-0.39, 0.29) is 0 Å². The fraction of sp³-hybridized carbons (Fsp3) is 0.0625. The van der Waals surface area contributed by atoms with Crippen molar-refractivity contribution in [2.75, 3.05) is 0 Å². The summed E-state index contributed by atoms with van der Waals surface area (Å²) in [6, 6.07) is 18.8. The van der Waals surface area contributed by atoms with Crippen LogP contribution >= 0.6 is 22.6 Å². The van der Waals surface area contributed by atoms with Crippen LogP contribution in [0.2, 0.25) is 0 Å². The van der Waals surface area contributed by atoms with Gasteiger partial charge in [0.1, 0.15) is 0 Å². The van der Waals surface area contributed by atoms with E-state index in [4.69, 9.17) is 0 Å². The Labute approximate surface area is 126 Å². The van der Waals surface area contributed by atoms with Crippen LogP contribution in [0.15, 0.2) is 60.8 Å². The summed E-state index contributed by atoms with van der Waals surface area (Å²) >= 11 is 2.34. The normalized spacial score (nSPS) is 10.6. The summed E-state index contributed by atoms with van der Waals surface area (Å²) in [7, 11) is 0. The van der Waals surface area contributed by atoms with Crippen LogP contribution in [-0.4, -0.2) is 9.78 Å². The zero-order valence-electron chi connectivity index (χ0n) is 10.5. The number of para-hydroxylation sites is 1. The first-order valence-electron chi connectivity index (χ1n) is 6.12. The number of nitrogens with zero attached hydrogens (tertiary/aromatic N) is 2. The lowest BCUT2D eigenvalue weighted by atomic mass is 10.1. The molecule has 19 heavy (non-hydrogen) atoms. The van der Waals surface area contributed by atoms with Crippen LogP contribution in [-0.2, 0) is 0 Å². The molecule has 2 aromatic carbocycles. The van der Waals surface area contributed by atoms with E-state index in [1.807, 2.05) is 29.1 Å². The highest BCUT2D eigenvalue weighted by molar-refractivity contribution is 14.1. The summed E-state index contributed by atoms with van der Waals surface area (Å²) in [4.78, 5) is 0. The molecule has 0 unspecified atom stereocenters. The molecule has 3 rings (SSSR count). The first kappa shape index (κ1) is 12.4. The van der Waals surface area contributed by atoms with Gasteiger partial charge in [-0.05, 0) is 41.6 Å². The van der Waals surface area contributed by atoms with Crippen LogP contribution in [0.25, 0.3) is 16.9 Å². The number of hydrogen-bond donors (Lipinski definition) is 0. The summed E-state index contributed by atoms with van der Waals surface area (Å²) in [5.41, 5.74) is 4.69. The van der Waals surface area contributed by atoms with Crippen LogP contribution in [0.1, 0.15) is 5.56 Å². The molecule has 2 nitrogen and oxygen atoms in total. The minimum Gasteiger partial charge on any atom is -0.232 e. The van der Waals surface area contributed by atoms with Crippen molar-refractivity contribution in [3.63, 3.8) is 0 Å². The Hall–Kier alpha value is -1.62. The fourth-order valence-corrected chi connectivity index (χ4v) is 2.73. The second-order valence-corrected chi connectivity index (χ2v) is 5.62. The van der Waals surface area contributed by atoms with Crippen molar-refractivity contribution < 1.29 is 0 Å². The topological polar surface area (TPSA) is 17.8 Å². The molecule has 0 bridgehead atoms. The van der Waals surface area contributed by atoms with Gasteiger partial charge in [-0.2, -0.15) is 5.10 Å². The lowest BCUT2D eigenvalue weighted by Crippen LogP contribution is -1.99. The van der Waals surface area contributed by atoms with E-state index in [1.54, 1.807) is 0 Å². The van der Waals surface area contributed by atoms with E-state index < -0.39 is 0 Å². The summed E-state index contributed by atoms with van der Waals surface area (Å²) in [5, 5.41) is 4.49. The largest absolute Gasteiger partial charge is 0.232 e. The molecule has 1 aromatic heterocycles. The highest BCUT2D eigenvalue weighted by atomic mass is 127. The van der Waals surface area contributed by atoms with Crippen molar-refractivity contribution in [1.29, 1.82) is 0 Å². The summed E-state index contributed by atoms with van der Waals surface area (Å²) in [5.74, 6) is 0. The summed E-state index contributed by atoms with van der Waals surface area (Å²) in [6.07, 6.45) is 1.91. The summed E-state index contributed by atoms with van der Waals surface area (Å²) in [6.45, 7) is 2.10. The highest BCUT2D eigenvalue weighted by Gasteiger charge is 2.12. The first-order valence-corrected chi connectivity index (χ1v) is 7.19. The number of aryl methyl sites for hydroxylation is 1. The van der Waals surface area contributed by atoms with Crippen molar-refractivity contribution in [2.45, 2.75) is 6.92 Å². The molecule has 0 saturated heterocycles. The smallest absolute Gasteiger partial charge is 0.0874 e. The molecule has 3 heteroatoms. The minimum absolute atomic E-state index is 1.08. The molecular weight excluding hydrogens is 347 g/mol. The van der Waals surface area contributed by atoms with Gasteiger partial charge in [0.05, 0.1) is 21.1 Å². The third-order valence-electron chi connectivity index (χ3n) is 3.05. The van der Waals surface area contributed by atoms with Crippen LogP contribution < -0.4 is 0 Å². The third kappa shape index (κ3) is 2.42. The van der Waals surface area contributed by atoms with Crippen molar-refractivity contribution in [3.8, 4) is 16.9 Å². The van der Waals surface area contributed by atoms with Gasteiger partial charge >= 0.3 is 0 Å². The molecule has 3 aromatic rings. The van der Waals surface area contributed by atoms with E-state index in [0.717, 1.165) is 15.0 Å². The molecule has 0 saturated carbocycles. The lowest BCUT2D eigenvalue weighted by Gasteiger charge is -2.08. The maximum absolute atomic E-state index is 4.49. The average Bonchev–Trinajstić information content (AvgIpc) is 2.83. The molecule has 0 spiro atoms. The summed E-state index contributed by atoms with van der Waals surface area (Å²) < 4.78 is 3.15. The number of hydrogen-bond acceptors (Lipinski definition) is 1. The SMILES string of the molecule is Cc1ccc(-c2c(I)cnn2-c2ccccc2)cc1. The van der Waals surface area contributed by atoms with Gasteiger partial charge in [-0.1, -0.05) is 48.0 Å². The first-order chi connectivity index (χ1) is 9.25. The number of benzene rings is 2. The van der Waals surface area contributed by atoms with Crippen molar-refractivity contribution >= 4 is 22.6 Å². The lowest BCUT2D eigenvalue weighted by molar-refractivity contribution is 0.888. The standard InChI is InChI=1S/C16H13IN2/c1-12-7-9-13(10-8-12)16-15(17)11-18-19(16)14-5-3-2-4-6-14/h2-11H,1H3. The second kappa shape index (κ2) is 5.17. The molecular formula is C16H13IN2. The maximum atomic E-state index is 4.49. The predicted octanol–water partition coefficient (Wildman–Crippen LogP) is 4.45. The molecule has 0 atom stereocenters. The Morgan fingerprint density at radius 3 is 2.32 bits per heavy atom. The van der Waals surface area contributed by atoms with Gasteiger partial charge in [-0.15, -0.1) is 0 Å². The van der Waals surface area contributed by atoms with Gasteiger partial charge in [0.25, 0.3) is 0 Å². The molecule has 0 aliphatic carbocycles. The van der Waals surface area contributed by atoms with Crippen molar-refractivity contribution in [1.82, 2.24) is 9.78 Å². The van der Waals surface area contributed by atoms with Crippen LogP contribution in [0.3, 0.4) is 0 Å². The molecule has 1 heterocycles. The van der Waals surface area contributed by atoms with Crippen LogP contribution in [0, 0.1) is 10.5 Å². The molecule has 0 fully saturated rings. The Morgan fingerprint density at radius 2 is 1.63 bits per heavy atom. The minimum atomic E-state index is 1.08. The van der Waals surface area contributed by atoms with Gasteiger partial charge in [0.2, 0.25) is 0 Å². The van der Waals surface area contributed by atoms with Crippen molar-refractivity contribution in [2.24, 2.45) is 0 Å². The van der Waals surface area contributed by atoms with Gasteiger partial charge < -0.3 is 0 Å². The van der Waals surface area contributed by atoms with Crippen molar-refractivity contribution in [3.05, 3.63) is 69.9 Å². The number of rotatable bonds is 2. The Balaban J connectivity index is 2.17. The van der Waals surface area contributed by atoms with Gasteiger partial charge in [0.15, 0.2) is 0 Å². The van der Waals surface area contributed by atoms with Gasteiger partial charge in [-0.25, -0.2) is 4.68 Å². The van der Waals surface area contributed by atoms with E-state index >= 15 is 0 Å². The molecule has 0 amide bonds. The monoisotopic (exact) mass is 360 g/mol. The van der Waals surface area contributed by atoms with E-state index in [0.29, 0.717) is 0 Å². The van der Waals surface area contributed by atoms with Crippen LogP contribution in [0.5, 0.6) is 0 Å². The molecule has 0 aliphatic rings. The Bertz CT molecular complexity index is 685. The quantitative estimate of drug-likeness (QED) is 0.618. The average molecular weight is 360 g/mol. The fourth-order valence-electron chi connectivity index (χ4n) is 2.07. The molecule has 0 N–H and O–H groups in total. The number of aromatic nitrogens is 2. The van der Waals surface area contributed by atoms with E-state index in [1.165, 1.54) is 11.1 Å².